The zero-order valence-corrected chi connectivity index (χ0v) is 13.5. The molecule has 0 spiro atoms. The number of fused-ring (bicyclic) bond motifs is 1. The van der Waals surface area contributed by atoms with E-state index in [4.69, 9.17) is 11.6 Å². The van der Waals surface area contributed by atoms with Crippen LogP contribution in [0.15, 0.2) is 48.5 Å². The highest BCUT2D eigenvalue weighted by atomic mass is 35.5. The number of para-hydroxylation sites is 1. The van der Waals surface area contributed by atoms with Gasteiger partial charge in [-0.3, -0.25) is 9.59 Å². The standard InChI is InChI=1S/C18H17ClN2O2/c1-12-10-14-4-2-3-5-16(14)21(12)17(22)11-20-18(23)13-6-8-15(19)9-7-13/h2-9,12H,10-11H2,1H3,(H,20,23). The van der Waals surface area contributed by atoms with Crippen LogP contribution in [0, 0.1) is 0 Å². The van der Waals surface area contributed by atoms with E-state index in [-0.39, 0.29) is 24.4 Å². The highest BCUT2D eigenvalue weighted by Crippen LogP contribution is 2.31. The van der Waals surface area contributed by atoms with Crippen LogP contribution in [0.5, 0.6) is 0 Å². The van der Waals surface area contributed by atoms with Gasteiger partial charge in [0.1, 0.15) is 0 Å². The molecule has 3 rings (SSSR count). The number of halogens is 1. The van der Waals surface area contributed by atoms with Crippen LogP contribution in [0.3, 0.4) is 0 Å². The fourth-order valence-electron chi connectivity index (χ4n) is 2.89. The first kappa shape index (κ1) is 15.6. The van der Waals surface area contributed by atoms with Crippen LogP contribution in [0.25, 0.3) is 0 Å². The van der Waals surface area contributed by atoms with Gasteiger partial charge in [0.2, 0.25) is 5.91 Å². The Labute approximate surface area is 140 Å². The molecule has 0 aliphatic carbocycles. The average molecular weight is 329 g/mol. The highest BCUT2D eigenvalue weighted by Gasteiger charge is 2.30. The Hall–Kier alpha value is -2.33. The molecule has 0 fully saturated rings. The Morgan fingerprint density at radius 2 is 1.87 bits per heavy atom. The average Bonchev–Trinajstić information content (AvgIpc) is 2.88. The van der Waals surface area contributed by atoms with Gasteiger partial charge in [0.15, 0.2) is 0 Å². The Kier molecular flexibility index (Phi) is 4.35. The molecule has 0 radical (unpaired) electrons. The Bertz CT molecular complexity index is 743. The monoisotopic (exact) mass is 328 g/mol. The molecule has 118 valence electrons. The molecule has 1 heterocycles. The number of rotatable bonds is 3. The van der Waals surface area contributed by atoms with Gasteiger partial charge in [-0.2, -0.15) is 0 Å². The lowest BCUT2D eigenvalue weighted by Crippen LogP contribution is -2.43. The quantitative estimate of drug-likeness (QED) is 0.941. The number of nitrogens with zero attached hydrogens (tertiary/aromatic N) is 1. The smallest absolute Gasteiger partial charge is 0.251 e. The summed E-state index contributed by atoms with van der Waals surface area (Å²) in [5.41, 5.74) is 2.58. The van der Waals surface area contributed by atoms with E-state index in [0.717, 1.165) is 17.7 Å². The third-order valence-corrected chi connectivity index (χ3v) is 4.23. The topological polar surface area (TPSA) is 49.4 Å². The molecule has 2 aromatic carbocycles. The van der Waals surface area contributed by atoms with Crippen molar-refractivity contribution in [1.29, 1.82) is 0 Å². The molecule has 1 aliphatic heterocycles. The molecule has 2 aromatic rings. The summed E-state index contributed by atoms with van der Waals surface area (Å²) in [6.45, 7) is 1.99. The normalized spacial score (nSPS) is 16.1. The maximum atomic E-state index is 12.5. The minimum Gasteiger partial charge on any atom is -0.343 e. The lowest BCUT2D eigenvalue weighted by atomic mass is 10.1. The molecule has 1 N–H and O–H groups in total. The molecule has 4 nitrogen and oxygen atoms in total. The van der Waals surface area contributed by atoms with Crippen LogP contribution in [-0.4, -0.2) is 24.4 Å². The molecule has 5 heteroatoms. The lowest BCUT2D eigenvalue weighted by Gasteiger charge is -2.22. The summed E-state index contributed by atoms with van der Waals surface area (Å²) < 4.78 is 0. The summed E-state index contributed by atoms with van der Waals surface area (Å²) in [5.74, 6) is -0.389. The number of anilines is 1. The number of hydrogen-bond acceptors (Lipinski definition) is 2. The lowest BCUT2D eigenvalue weighted by molar-refractivity contribution is -0.118. The van der Waals surface area contributed by atoms with Crippen LogP contribution < -0.4 is 10.2 Å². The third-order valence-electron chi connectivity index (χ3n) is 3.98. The predicted octanol–water partition coefficient (Wildman–Crippen LogP) is 3.05. The van der Waals surface area contributed by atoms with Crippen LogP contribution in [-0.2, 0) is 11.2 Å². The number of benzene rings is 2. The second kappa shape index (κ2) is 6.42. The van der Waals surface area contributed by atoms with Crippen LogP contribution >= 0.6 is 11.6 Å². The van der Waals surface area contributed by atoms with Gasteiger partial charge in [0.05, 0.1) is 6.54 Å². The Balaban J connectivity index is 1.66. The number of amides is 2. The molecular formula is C18H17ClN2O2. The molecule has 0 saturated heterocycles. The van der Waals surface area contributed by atoms with Crippen molar-refractivity contribution in [3.8, 4) is 0 Å². The molecule has 0 saturated carbocycles. The summed E-state index contributed by atoms with van der Waals surface area (Å²) in [5, 5.41) is 3.24. The number of carbonyl (C=O) groups excluding carboxylic acids is 2. The number of hydrogen-bond donors (Lipinski definition) is 1. The van der Waals surface area contributed by atoms with Crippen molar-refractivity contribution in [3.05, 3.63) is 64.7 Å². The SMILES string of the molecule is CC1Cc2ccccc2N1C(=O)CNC(=O)c1ccc(Cl)cc1. The first-order valence-electron chi connectivity index (χ1n) is 7.50. The molecule has 0 aromatic heterocycles. The van der Waals surface area contributed by atoms with E-state index in [2.05, 4.69) is 5.32 Å². The van der Waals surface area contributed by atoms with E-state index in [1.54, 1.807) is 29.2 Å². The van der Waals surface area contributed by atoms with Crippen LogP contribution in [0.2, 0.25) is 5.02 Å². The summed E-state index contributed by atoms with van der Waals surface area (Å²) >= 11 is 5.80. The minimum atomic E-state index is -0.282. The fraction of sp³-hybridized carbons (Fsp3) is 0.222. The van der Waals surface area contributed by atoms with Crippen LogP contribution in [0.1, 0.15) is 22.8 Å². The minimum absolute atomic E-state index is 0.0276. The zero-order valence-electron chi connectivity index (χ0n) is 12.8. The van der Waals surface area contributed by atoms with E-state index in [1.165, 1.54) is 0 Å². The number of carbonyl (C=O) groups is 2. The van der Waals surface area contributed by atoms with Crippen molar-refractivity contribution in [1.82, 2.24) is 5.32 Å². The second-order valence-electron chi connectivity index (χ2n) is 5.64. The maximum absolute atomic E-state index is 12.5. The van der Waals surface area contributed by atoms with Crippen molar-refractivity contribution in [3.63, 3.8) is 0 Å². The third kappa shape index (κ3) is 3.22. The van der Waals surface area contributed by atoms with Gasteiger partial charge in [-0.05, 0) is 49.2 Å². The van der Waals surface area contributed by atoms with Gasteiger partial charge in [-0.25, -0.2) is 0 Å². The van der Waals surface area contributed by atoms with Gasteiger partial charge in [-0.1, -0.05) is 29.8 Å². The predicted molar refractivity (Wildman–Crippen MR) is 90.9 cm³/mol. The van der Waals surface area contributed by atoms with Crippen molar-refractivity contribution < 1.29 is 9.59 Å². The van der Waals surface area contributed by atoms with Gasteiger partial charge < -0.3 is 10.2 Å². The molecule has 1 unspecified atom stereocenters. The molecule has 23 heavy (non-hydrogen) atoms. The number of nitrogens with one attached hydrogen (secondary N) is 1. The van der Waals surface area contributed by atoms with Crippen molar-refractivity contribution in [2.75, 3.05) is 11.4 Å². The van der Waals surface area contributed by atoms with Crippen molar-refractivity contribution in [2.24, 2.45) is 0 Å². The van der Waals surface area contributed by atoms with Gasteiger partial charge in [-0.15, -0.1) is 0 Å². The maximum Gasteiger partial charge on any atom is 0.251 e. The van der Waals surface area contributed by atoms with E-state index in [1.807, 2.05) is 31.2 Å². The summed E-state index contributed by atoms with van der Waals surface area (Å²) in [6, 6.07) is 14.5. The fourth-order valence-corrected chi connectivity index (χ4v) is 3.02. The molecule has 1 aliphatic rings. The van der Waals surface area contributed by atoms with Crippen molar-refractivity contribution in [2.45, 2.75) is 19.4 Å². The van der Waals surface area contributed by atoms with Gasteiger partial charge in [0, 0.05) is 22.3 Å². The zero-order chi connectivity index (χ0) is 16.4. The van der Waals surface area contributed by atoms with E-state index < -0.39 is 0 Å². The largest absolute Gasteiger partial charge is 0.343 e. The van der Waals surface area contributed by atoms with E-state index in [0.29, 0.717) is 10.6 Å². The van der Waals surface area contributed by atoms with Crippen LogP contribution in [0.4, 0.5) is 5.69 Å². The van der Waals surface area contributed by atoms with Gasteiger partial charge >= 0.3 is 0 Å². The molecular weight excluding hydrogens is 312 g/mol. The van der Waals surface area contributed by atoms with E-state index in [9.17, 15) is 9.59 Å². The Morgan fingerprint density at radius 3 is 2.61 bits per heavy atom. The summed E-state index contributed by atoms with van der Waals surface area (Å²) in [4.78, 5) is 26.3. The van der Waals surface area contributed by atoms with Crippen molar-refractivity contribution >= 4 is 29.1 Å². The van der Waals surface area contributed by atoms with Gasteiger partial charge in [0.25, 0.3) is 5.91 Å². The molecule has 2 amide bonds. The summed E-state index contributed by atoms with van der Waals surface area (Å²) in [6.07, 6.45) is 0.840. The highest BCUT2D eigenvalue weighted by molar-refractivity contribution is 6.30. The summed E-state index contributed by atoms with van der Waals surface area (Å²) in [7, 11) is 0. The van der Waals surface area contributed by atoms with E-state index >= 15 is 0 Å². The first-order valence-corrected chi connectivity index (χ1v) is 7.88. The molecule has 1 atom stereocenters. The molecule has 0 bridgehead atoms. The first-order chi connectivity index (χ1) is 11.1. The second-order valence-corrected chi connectivity index (χ2v) is 6.07. The Morgan fingerprint density at radius 1 is 1.17 bits per heavy atom.